The summed E-state index contributed by atoms with van der Waals surface area (Å²) in [4.78, 5) is 23.1. The second kappa shape index (κ2) is 5.25. The van der Waals surface area contributed by atoms with Crippen LogP contribution in [-0.4, -0.2) is 22.2 Å². The Balaban J connectivity index is 2.62. The highest BCUT2D eigenvalue weighted by Crippen LogP contribution is 2.41. The highest BCUT2D eigenvalue weighted by molar-refractivity contribution is 9.10. The zero-order valence-corrected chi connectivity index (χ0v) is 12.3. The zero-order chi connectivity index (χ0) is 14.9. The molecule has 0 bridgehead atoms. The van der Waals surface area contributed by atoms with Gasteiger partial charge in [0.05, 0.1) is 0 Å². The molecule has 1 aromatic rings. The van der Waals surface area contributed by atoms with Crippen molar-refractivity contribution in [1.29, 1.82) is 0 Å². The molecule has 0 heterocycles. The fourth-order valence-corrected chi connectivity index (χ4v) is 3.00. The standard InChI is InChI=1S/C15H13BrO4/c1-9-6-7-15(14(19)20,8-10(9)13(17)18)11-4-2-3-5-12(11)16/h2-7H,8H2,1H3,(H,17,18)(H,19,20). The maximum absolute atomic E-state index is 11.8. The molecule has 104 valence electrons. The summed E-state index contributed by atoms with van der Waals surface area (Å²) in [7, 11) is 0. The molecule has 0 spiro atoms. The molecule has 0 amide bonds. The van der Waals surface area contributed by atoms with Crippen LogP contribution < -0.4 is 0 Å². The van der Waals surface area contributed by atoms with E-state index >= 15 is 0 Å². The van der Waals surface area contributed by atoms with E-state index in [4.69, 9.17) is 0 Å². The minimum absolute atomic E-state index is 0.0669. The van der Waals surface area contributed by atoms with E-state index in [1.165, 1.54) is 0 Å². The monoisotopic (exact) mass is 336 g/mol. The molecule has 5 heteroatoms. The Morgan fingerprint density at radius 3 is 2.45 bits per heavy atom. The Hall–Kier alpha value is -1.88. The molecule has 0 saturated carbocycles. The van der Waals surface area contributed by atoms with Crippen molar-refractivity contribution >= 4 is 27.9 Å². The summed E-state index contributed by atoms with van der Waals surface area (Å²) in [6.45, 7) is 1.67. The molecule has 0 saturated heterocycles. The molecule has 0 aromatic heterocycles. The molecule has 4 nitrogen and oxygen atoms in total. The van der Waals surface area contributed by atoms with Gasteiger partial charge >= 0.3 is 11.9 Å². The number of halogens is 1. The number of benzene rings is 1. The molecule has 2 rings (SSSR count). The average molecular weight is 337 g/mol. The van der Waals surface area contributed by atoms with Crippen molar-refractivity contribution in [3.63, 3.8) is 0 Å². The van der Waals surface area contributed by atoms with Gasteiger partial charge in [0, 0.05) is 16.5 Å². The first-order chi connectivity index (χ1) is 9.38. The summed E-state index contributed by atoms with van der Waals surface area (Å²) < 4.78 is 0.649. The third-order valence-electron chi connectivity index (χ3n) is 3.54. The van der Waals surface area contributed by atoms with E-state index in [1.807, 2.05) is 0 Å². The van der Waals surface area contributed by atoms with E-state index in [-0.39, 0.29) is 12.0 Å². The molecular weight excluding hydrogens is 324 g/mol. The minimum atomic E-state index is -1.35. The SMILES string of the molecule is CC1=C(C(=O)O)CC(C(=O)O)(c2ccccc2Br)C=C1. The van der Waals surface area contributed by atoms with Crippen LogP contribution in [0.4, 0.5) is 0 Å². The molecule has 0 radical (unpaired) electrons. The third kappa shape index (κ3) is 2.29. The van der Waals surface area contributed by atoms with E-state index in [1.54, 1.807) is 43.3 Å². The second-order valence-electron chi connectivity index (χ2n) is 4.73. The van der Waals surface area contributed by atoms with Gasteiger partial charge in [-0.2, -0.15) is 0 Å². The van der Waals surface area contributed by atoms with Crippen LogP contribution in [0, 0.1) is 0 Å². The van der Waals surface area contributed by atoms with Gasteiger partial charge in [-0.05, 0) is 24.1 Å². The van der Waals surface area contributed by atoms with Crippen molar-refractivity contribution in [3.8, 4) is 0 Å². The molecule has 0 fully saturated rings. The number of allylic oxidation sites excluding steroid dienone is 2. The van der Waals surface area contributed by atoms with Crippen molar-refractivity contribution in [1.82, 2.24) is 0 Å². The van der Waals surface area contributed by atoms with E-state index in [0.29, 0.717) is 15.6 Å². The summed E-state index contributed by atoms with van der Waals surface area (Å²) in [6, 6.07) is 6.97. The highest BCUT2D eigenvalue weighted by Gasteiger charge is 2.43. The van der Waals surface area contributed by atoms with Crippen molar-refractivity contribution in [3.05, 3.63) is 57.6 Å². The summed E-state index contributed by atoms with van der Waals surface area (Å²) in [5, 5.41) is 18.9. The van der Waals surface area contributed by atoms with Crippen LogP contribution in [-0.2, 0) is 15.0 Å². The first-order valence-corrected chi connectivity index (χ1v) is 6.78. The van der Waals surface area contributed by atoms with Gasteiger partial charge in [-0.15, -0.1) is 0 Å². The molecule has 20 heavy (non-hydrogen) atoms. The van der Waals surface area contributed by atoms with Crippen molar-refractivity contribution in [2.24, 2.45) is 0 Å². The lowest BCUT2D eigenvalue weighted by Crippen LogP contribution is -2.37. The first-order valence-electron chi connectivity index (χ1n) is 5.99. The molecule has 1 unspecified atom stereocenters. The average Bonchev–Trinajstić information content (AvgIpc) is 2.40. The highest BCUT2D eigenvalue weighted by atomic mass is 79.9. The molecule has 2 N–H and O–H groups in total. The van der Waals surface area contributed by atoms with Gasteiger partial charge in [-0.1, -0.05) is 46.3 Å². The zero-order valence-electron chi connectivity index (χ0n) is 10.8. The van der Waals surface area contributed by atoms with Crippen LogP contribution in [0.3, 0.4) is 0 Å². The lowest BCUT2D eigenvalue weighted by molar-refractivity contribution is -0.142. The van der Waals surface area contributed by atoms with Crippen molar-refractivity contribution in [2.75, 3.05) is 0 Å². The fourth-order valence-electron chi connectivity index (χ4n) is 2.36. The van der Waals surface area contributed by atoms with Crippen LogP contribution in [0.5, 0.6) is 0 Å². The summed E-state index contributed by atoms with van der Waals surface area (Å²) in [6.07, 6.45) is 3.07. The maximum Gasteiger partial charge on any atom is 0.331 e. The minimum Gasteiger partial charge on any atom is -0.480 e. The summed E-state index contributed by atoms with van der Waals surface area (Å²) in [5.74, 6) is -2.14. The van der Waals surface area contributed by atoms with Gasteiger partial charge in [0.25, 0.3) is 0 Å². The van der Waals surface area contributed by atoms with Crippen molar-refractivity contribution in [2.45, 2.75) is 18.8 Å². The van der Waals surface area contributed by atoms with Crippen LogP contribution in [0.25, 0.3) is 0 Å². The topological polar surface area (TPSA) is 74.6 Å². The van der Waals surface area contributed by atoms with Crippen LogP contribution in [0.15, 0.2) is 52.0 Å². The lowest BCUT2D eigenvalue weighted by atomic mass is 9.71. The van der Waals surface area contributed by atoms with E-state index in [9.17, 15) is 19.8 Å². The number of rotatable bonds is 3. The molecule has 1 atom stereocenters. The normalized spacial score (nSPS) is 21.9. The molecular formula is C15H13BrO4. The van der Waals surface area contributed by atoms with Gasteiger partial charge in [0.15, 0.2) is 0 Å². The van der Waals surface area contributed by atoms with E-state index in [2.05, 4.69) is 15.9 Å². The predicted molar refractivity (Wildman–Crippen MR) is 77.5 cm³/mol. The number of aliphatic carboxylic acids is 2. The first kappa shape index (κ1) is 14.5. The fraction of sp³-hybridized carbons (Fsp3) is 0.200. The molecule has 0 aliphatic heterocycles. The smallest absolute Gasteiger partial charge is 0.331 e. The van der Waals surface area contributed by atoms with Crippen LogP contribution in [0.2, 0.25) is 0 Å². The van der Waals surface area contributed by atoms with Gasteiger partial charge < -0.3 is 10.2 Å². The van der Waals surface area contributed by atoms with Crippen molar-refractivity contribution < 1.29 is 19.8 Å². The van der Waals surface area contributed by atoms with Crippen LogP contribution >= 0.6 is 15.9 Å². The second-order valence-corrected chi connectivity index (χ2v) is 5.59. The Morgan fingerprint density at radius 2 is 1.90 bits per heavy atom. The number of hydrogen-bond donors (Lipinski definition) is 2. The van der Waals surface area contributed by atoms with E-state index in [0.717, 1.165) is 0 Å². The Kier molecular flexibility index (Phi) is 3.81. The van der Waals surface area contributed by atoms with Crippen LogP contribution in [0.1, 0.15) is 18.9 Å². The predicted octanol–water partition coefficient (Wildman–Crippen LogP) is 3.13. The number of carboxylic acids is 2. The Bertz CT molecular complexity index is 645. The summed E-state index contributed by atoms with van der Waals surface area (Å²) in [5.41, 5.74) is -0.0880. The molecule has 1 aliphatic rings. The maximum atomic E-state index is 11.8. The van der Waals surface area contributed by atoms with Gasteiger partial charge in [0.2, 0.25) is 0 Å². The van der Waals surface area contributed by atoms with Gasteiger partial charge in [0.1, 0.15) is 5.41 Å². The van der Waals surface area contributed by atoms with E-state index < -0.39 is 17.4 Å². The molecule has 1 aliphatic carbocycles. The molecule has 1 aromatic carbocycles. The third-order valence-corrected chi connectivity index (χ3v) is 4.24. The van der Waals surface area contributed by atoms with Gasteiger partial charge in [-0.3, -0.25) is 4.79 Å². The quantitative estimate of drug-likeness (QED) is 0.889. The number of carboxylic acid groups (broad SMARTS) is 2. The number of carbonyl (C=O) groups is 2. The van der Waals surface area contributed by atoms with Gasteiger partial charge in [-0.25, -0.2) is 4.79 Å². The number of hydrogen-bond acceptors (Lipinski definition) is 2. The summed E-state index contributed by atoms with van der Waals surface area (Å²) >= 11 is 3.35. The Labute approximate surface area is 124 Å². The lowest BCUT2D eigenvalue weighted by Gasteiger charge is -2.31. The Morgan fingerprint density at radius 1 is 1.25 bits per heavy atom. The largest absolute Gasteiger partial charge is 0.480 e.